The third kappa shape index (κ3) is 6.71. The van der Waals surface area contributed by atoms with Crippen molar-refractivity contribution in [2.45, 2.75) is 31.8 Å². The lowest BCUT2D eigenvalue weighted by Gasteiger charge is -2.36. The van der Waals surface area contributed by atoms with Gasteiger partial charge in [0.15, 0.2) is 0 Å². The zero-order chi connectivity index (χ0) is 25.7. The quantitative estimate of drug-likeness (QED) is 0.373. The molecule has 1 heterocycles. The Hall–Kier alpha value is -3.22. The first-order valence-electron chi connectivity index (χ1n) is 11.7. The topological polar surface area (TPSA) is 76.1 Å². The van der Waals surface area contributed by atoms with Crippen LogP contribution in [0.15, 0.2) is 66.7 Å². The SMILES string of the molecule is CC1(Cc2cccc(Cl)c2)CCc2cc(C(=O)N(CCOc3ccc(Cl)cc3)CC(=O)O)ccc2O1. The number of fused-ring (bicyclic) bond motifs is 1. The van der Waals surface area contributed by atoms with Gasteiger partial charge in [0, 0.05) is 22.0 Å². The maximum atomic E-state index is 13.2. The van der Waals surface area contributed by atoms with Crippen LogP contribution in [0, 0.1) is 0 Å². The Bertz CT molecular complexity index is 1250. The van der Waals surface area contributed by atoms with E-state index in [1.54, 1.807) is 42.5 Å². The predicted octanol–water partition coefficient (Wildman–Crippen LogP) is 5.93. The van der Waals surface area contributed by atoms with Crippen LogP contribution in [0.3, 0.4) is 0 Å². The number of hydrogen-bond donors (Lipinski definition) is 1. The van der Waals surface area contributed by atoms with Crippen molar-refractivity contribution in [1.82, 2.24) is 4.90 Å². The lowest BCUT2D eigenvalue weighted by Crippen LogP contribution is -2.39. The average Bonchev–Trinajstić information content (AvgIpc) is 2.83. The number of carboxylic acids is 1. The number of aryl methyl sites for hydroxylation is 1. The van der Waals surface area contributed by atoms with E-state index in [1.165, 1.54) is 4.90 Å². The second-order valence-electron chi connectivity index (χ2n) is 9.10. The molecule has 3 aromatic rings. The van der Waals surface area contributed by atoms with Gasteiger partial charge in [-0.15, -0.1) is 0 Å². The van der Waals surface area contributed by atoms with Crippen molar-refractivity contribution >= 4 is 35.1 Å². The molecule has 0 radical (unpaired) electrons. The van der Waals surface area contributed by atoms with Gasteiger partial charge < -0.3 is 19.5 Å². The van der Waals surface area contributed by atoms with Crippen LogP contribution < -0.4 is 9.47 Å². The summed E-state index contributed by atoms with van der Waals surface area (Å²) in [5.41, 5.74) is 2.06. The fourth-order valence-electron chi connectivity index (χ4n) is 4.33. The molecule has 1 amide bonds. The van der Waals surface area contributed by atoms with Gasteiger partial charge in [0.05, 0.1) is 6.54 Å². The highest BCUT2D eigenvalue weighted by atomic mass is 35.5. The highest BCUT2D eigenvalue weighted by molar-refractivity contribution is 6.30. The molecule has 1 atom stereocenters. The van der Waals surface area contributed by atoms with E-state index in [9.17, 15) is 14.7 Å². The van der Waals surface area contributed by atoms with Gasteiger partial charge in [-0.25, -0.2) is 0 Å². The van der Waals surface area contributed by atoms with Crippen LogP contribution >= 0.6 is 23.2 Å². The molecule has 0 aromatic heterocycles. The first kappa shape index (κ1) is 25.9. The van der Waals surface area contributed by atoms with Gasteiger partial charge in [-0.3, -0.25) is 9.59 Å². The van der Waals surface area contributed by atoms with E-state index in [4.69, 9.17) is 32.7 Å². The van der Waals surface area contributed by atoms with Crippen LogP contribution in [-0.2, 0) is 17.6 Å². The Morgan fingerprint density at radius 2 is 1.83 bits per heavy atom. The maximum absolute atomic E-state index is 13.2. The number of nitrogens with zero attached hydrogens (tertiary/aromatic N) is 1. The van der Waals surface area contributed by atoms with Crippen LogP contribution in [0.2, 0.25) is 10.0 Å². The monoisotopic (exact) mass is 527 g/mol. The molecule has 4 rings (SSSR count). The Labute approximate surface area is 220 Å². The number of carbonyl (C=O) groups is 2. The summed E-state index contributed by atoms with van der Waals surface area (Å²) < 4.78 is 12.0. The summed E-state index contributed by atoms with van der Waals surface area (Å²) >= 11 is 12.0. The van der Waals surface area contributed by atoms with Crippen LogP contribution in [0.25, 0.3) is 0 Å². The van der Waals surface area contributed by atoms with Crippen LogP contribution in [-0.4, -0.2) is 47.2 Å². The first-order chi connectivity index (χ1) is 17.2. The van der Waals surface area contributed by atoms with Crippen molar-refractivity contribution in [3.63, 3.8) is 0 Å². The number of aliphatic carboxylic acids is 1. The van der Waals surface area contributed by atoms with Gasteiger partial charge in [0.2, 0.25) is 0 Å². The van der Waals surface area contributed by atoms with E-state index in [1.807, 2.05) is 24.3 Å². The molecule has 0 aliphatic carbocycles. The summed E-state index contributed by atoms with van der Waals surface area (Å²) in [7, 11) is 0. The molecule has 0 fully saturated rings. The molecule has 188 valence electrons. The van der Waals surface area contributed by atoms with E-state index >= 15 is 0 Å². The fraction of sp³-hybridized carbons (Fsp3) is 0.286. The van der Waals surface area contributed by atoms with E-state index in [-0.39, 0.29) is 19.1 Å². The lowest BCUT2D eigenvalue weighted by atomic mass is 9.87. The number of carbonyl (C=O) groups excluding carboxylic acids is 1. The number of hydrogen-bond acceptors (Lipinski definition) is 4. The molecular weight excluding hydrogens is 501 g/mol. The van der Waals surface area contributed by atoms with Gasteiger partial charge in [-0.1, -0.05) is 35.3 Å². The number of halogens is 2. The van der Waals surface area contributed by atoms with Crippen molar-refractivity contribution < 1.29 is 24.2 Å². The Kier molecular flexibility index (Phi) is 8.07. The van der Waals surface area contributed by atoms with Gasteiger partial charge in [-0.2, -0.15) is 0 Å². The Morgan fingerprint density at radius 3 is 2.56 bits per heavy atom. The molecule has 6 nitrogen and oxygen atoms in total. The van der Waals surface area contributed by atoms with Gasteiger partial charge in [-0.05, 0) is 85.5 Å². The van der Waals surface area contributed by atoms with E-state index in [2.05, 4.69) is 6.92 Å². The highest BCUT2D eigenvalue weighted by Crippen LogP contribution is 2.36. The standard InChI is InChI=1S/C28H27Cl2NO5/c1-28(17-19-3-2-4-23(30)15-19)12-11-20-16-21(5-10-25(20)36-28)27(34)31(18-26(32)33)13-14-35-24-8-6-22(29)7-9-24/h2-10,15-16H,11-14,17-18H2,1H3,(H,32,33). The number of carboxylic acid groups (broad SMARTS) is 1. The molecule has 1 unspecified atom stereocenters. The van der Waals surface area contributed by atoms with E-state index in [0.29, 0.717) is 27.8 Å². The summed E-state index contributed by atoms with van der Waals surface area (Å²) in [6.45, 7) is 1.93. The molecule has 8 heteroatoms. The third-order valence-electron chi connectivity index (χ3n) is 6.11. The molecule has 1 aliphatic heterocycles. The largest absolute Gasteiger partial charge is 0.492 e. The van der Waals surface area contributed by atoms with Gasteiger partial charge >= 0.3 is 5.97 Å². The molecule has 1 N–H and O–H groups in total. The average molecular weight is 528 g/mol. The summed E-state index contributed by atoms with van der Waals surface area (Å²) in [5.74, 6) is -0.132. The summed E-state index contributed by atoms with van der Waals surface area (Å²) in [4.78, 5) is 25.9. The van der Waals surface area contributed by atoms with Crippen molar-refractivity contribution in [2.24, 2.45) is 0 Å². The van der Waals surface area contributed by atoms with E-state index < -0.39 is 18.1 Å². The molecule has 1 aliphatic rings. The van der Waals surface area contributed by atoms with Crippen molar-refractivity contribution in [3.05, 3.63) is 93.5 Å². The molecule has 0 saturated carbocycles. The zero-order valence-electron chi connectivity index (χ0n) is 19.9. The minimum absolute atomic E-state index is 0.124. The highest BCUT2D eigenvalue weighted by Gasteiger charge is 2.32. The summed E-state index contributed by atoms with van der Waals surface area (Å²) in [5, 5.41) is 10.6. The molecule has 0 saturated heterocycles. The second kappa shape index (κ2) is 11.2. The molecular formula is C28H27Cl2NO5. The lowest BCUT2D eigenvalue weighted by molar-refractivity contribution is -0.137. The first-order valence-corrected chi connectivity index (χ1v) is 12.4. The minimum atomic E-state index is -1.09. The maximum Gasteiger partial charge on any atom is 0.323 e. The molecule has 0 bridgehead atoms. The zero-order valence-corrected chi connectivity index (χ0v) is 21.4. The van der Waals surface area contributed by atoms with Crippen molar-refractivity contribution in [3.8, 4) is 11.5 Å². The number of benzene rings is 3. The number of ether oxygens (including phenoxy) is 2. The normalized spacial score (nSPS) is 16.5. The van der Waals surface area contributed by atoms with E-state index in [0.717, 1.165) is 29.7 Å². The Morgan fingerprint density at radius 1 is 1.06 bits per heavy atom. The van der Waals surface area contributed by atoms with Crippen LogP contribution in [0.4, 0.5) is 0 Å². The van der Waals surface area contributed by atoms with Crippen molar-refractivity contribution in [1.29, 1.82) is 0 Å². The molecule has 0 spiro atoms. The fourth-order valence-corrected chi connectivity index (χ4v) is 4.67. The molecule has 3 aromatic carbocycles. The Balaban J connectivity index is 1.43. The second-order valence-corrected chi connectivity index (χ2v) is 9.98. The predicted molar refractivity (Wildman–Crippen MR) is 139 cm³/mol. The smallest absolute Gasteiger partial charge is 0.323 e. The summed E-state index contributed by atoms with van der Waals surface area (Å²) in [6, 6.07) is 19.9. The third-order valence-corrected chi connectivity index (χ3v) is 6.60. The van der Waals surface area contributed by atoms with Gasteiger partial charge in [0.25, 0.3) is 5.91 Å². The minimum Gasteiger partial charge on any atom is -0.492 e. The number of amides is 1. The van der Waals surface area contributed by atoms with Gasteiger partial charge in [0.1, 0.15) is 30.3 Å². The summed E-state index contributed by atoms with van der Waals surface area (Å²) in [6.07, 6.45) is 2.23. The van der Waals surface area contributed by atoms with Crippen LogP contribution in [0.5, 0.6) is 11.5 Å². The molecule has 36 heavy (non-hydrogen) atoms. The van der Waals surface area contributed by atoms with Crippen LogP contribution in [0.1, 0.15) is 34.8 Å². The van der Waals surface area contributed by atoms with Crippen molar-refractivity contribution in [2.75, 3.05) is 19.7 Å². The number of rotatable bonds is 9.